The van der Waals surface area contributed by atoms with Crippen molar-refractivity contribution in [2.45, 2.75) is 32.2 Å². The molecule has 1 aromatic rings. The zero-order valence-electron chi connectivity index (χ0n) is 11.2. The van der Waals surface area contributed by atoms with E-state index in [-0.39, 0.29) is 29.4 Å². The molecule has 0 radical (unpaired) electrons. The van der Waals surface area contributed by atoms with Crippen LogP contribution in [-0.4, -0.2) is 23.0 Å². The quantitative estimate of drug-likeness (QED) is 0.770. The summed E-state index contributed by atoms with van der Waals surface area (Å²) in [6.45, 7) is 4.15. The van der Waals surface area contributed by atoms with Crippen LogP contribution in [0.25, 0.3) is 0 Å². The lowest BCUT2D eigenvalue weighted by Crippen LogP contribution is -2.53. The fourth-order valence-electron chi connectivity index (χ4n) is 2.18. The van der Waals surface area contributed by atoms with Crippen molar-refractivity contribution in [3.63, 3.8) is 0 Å². The topological polar surface area (TPSA) is 88.0 Å². The van der Waals surface area contributed by atoms with Gasteiger partial charge in [0.15, 0.2) is 0 Å². The number of aromatic nitrogens is 1. The van der Waals surface area contributed by atoms with Crippen molar-refractivity contribution in [3.05, 3.63) is 33.7 Å². The molecule has 1 aromatic heterocycles. The Kier molecular flexibility index (Phi) is 4.76. The number of aromatic amines is 1. The molecule has 0 aliphatic heterocycles. The lowest BCUT2D eigenvalue weighted by atomic mass is 9.95. The number of rotatable bonds is 4. The van der Waals surface area contributed by atoms with Crippen LogP contribution in [0, 0.1) is 12.8 Å². The molecular weight excluding hydrogens is 266 g/mol. The van der Waals surface area contributed by atoms with E-state index in [4.69, 9.17) is 5.73 Å². The highest BCUT2D eigenvalue weighted by atomic mass is 35.5. The summed E-state index contributed by atoms with van der Waals surface area (Å²) in [4.78, 5) is 25.8. The van der Waals surface area contributed by atoms with E-state index < -0.39 is 0 Å². The molecule has 19 heavy (non-hydrogen) atoms. The van der Waals surface area contributed by atoms with Gasteiger partial charge >= 0.3 is 0 Å². The molecule has 6 heteroatoms. The summed E-state index contributed by atoms with van der Waals surface area (Å²) < 4.78 is 0. The molecule has 1 saturated carbocycles. The average molecular weight is 286 g/mol. The maximum Gasteiger partial charge on any atom is 0.253 e. The molecule has 0 bridgehead atoms. The van der Waals surface area contributed by atoms with Crippen LogP contribution in [0.5, 0.6) is 0 Å². The average Bonchev–Trinajstić information content (AvgIpc) is 3.12. The largest absolute Gasteiger partial charge is 0.345 e. The van der Waals surface area contributed by atoms with Gasteiger partial charge in [-0.25, -0.2) is 0 Å². The molecule has 1 aliphatic rings. The van der Waals surface area contributed by atoms with E-state index >= 15 is 0 Å². The number of hydrogen-bond acceptors (Lipinski definition) is 3. The van der Waals surface area contributed by atoms with E-state index in [1.54, 1.807) is 6.92 Å². The molecule has 106 valence electrons. The van der Waals surface area contributed by atoms with Crippen LogP contribution in [0.3, 0.4) is 0 Å². The summed E-state index contributed by atoms with van der Waals surface area (Å²) >= 11 is 0. The van der Waals surface area contributed by atoms with Gasteiger partial charge < -0.3 is 16.0 Å². The Hall–Kier alpha value is -1.33. The van der Waals surface area contributed by atoms with Gasteiger partial charge in [-0.1, -0.05) is 0 Å². The summed E-state index contributed by atoms with van der Waals surface area (Å²) in [5.74, 6) is 0.290. The highest BCUT2D eigenvalue weighted by Crippen LogP contribution is 2.39. The minimum absolute atomic E-state index is 0. The molecule has 1 amide bonds. The number of carbonyl (C=O) groups excluding carboxylic acids is 1. The van der Waals surface area contributed by atoms with Gasteiger partial charge in [-0.2, -0.15) is 0 Å². The predicted octanol–water partition coefficient (Wildman–Crippen LogP) is 0.962. The molecule has 1 heterocycles. The molecule has 1 aliphatic carbocycles. The van der Waals surface area contributed by atoms with E-state index in [1.807, 2.05) is 6.92 Å². The second-order valence-electron chi connectivity index (χ2n) is 5.24. The van der Waals surface area contributed by atoms with Gasteiger partial charge in [0, 0.05) is 18.8 Å². The highest BCUT2D eigenvalue weighted by Gasteiger charge is 2.41. The number of carbonyl (C=O) groups is 1. The minimum Gasteiger partial charge on any atom is -0.345 e. The van der Waals surface area contributed by atoms with Crippen LogP contribution in [-0.2, 0) is 0 Å². The Balaban J connectivity index is 0.00000180. The second kappa shape index (κ2) is 5.75. The van der Waals surface area contributed by atoms with E-state index in [0.717, 1.165) is 12.8 Å². The standard InChI is InChI=1S/C13H19N3O2.ClH/c1-8-5-11(17)15-6-10(8)12(18)16-13(2,7-14)9-3-4-9;/h5-6,9H,3-4,7,14H2,1-2H3,(H,15,17)(H,16,18);1H. The van der Waals surface area contributed by atoms with E-state index in [1.165, 1.54) is 12.3 Å². The molecule has 5 nitrogen and oxygen atoms in total. The Morgan fingerprint density at radius 2 is 2.21 bits per heavy atom. The fraction of sp³-hybridized carbons (Fsp3) is 0.538. The van der Waals surface area contributed by atoms with Crippen molar-refractivity contribution in [2.75, 3.05) is 6.54 Å². The summed E-state index contributed by atoms with van der Waals surface area (Å²) in [5.41, 5.74) is 6.38. The normalized spacial score (nSPS) is 17.2. The van der Waals surface area contributed by atoms with Gasteiger partial charge in [0.05, 0.1) is 11.1 Å². The fourth-order valence-corrected chi connectivity index (χ4v) is 2.18. The molecule has 0 spiro atoms. The zero-order valence-corrected chi connectivity index (χ0v) is 12.0. The molecular formula is C13H20ClN3O2. The monoisotopic (exact) mass is 285 g/mol. The molecule has 1 atom stereocenters. The number of aryl methyl sites for hydroxylation is 1. The van der Waals surface area contributed by atoms with Crippen LogP contribution < -0.4 is 16.6 Å². The number of amides is 1. The first kappa shape index (κ1) is 15.7. The first-order valence-corrected chi connectivity index (χ1v) is 6.18. The Morgan fingerprint density at radius 1 is 1.58 bits per heavy atom. The first-order chi connectivity index (χ1) is 8.46. The van der Waals surface area contributed by atoms with Crippen LogP contribution in [0.2, 0.25) is 0 Å². The molecule has 1 unspecified atom stereocenters. The number of hydrogen-bond donors (Lipinski definition) is 3. The molecule has 1 fully saturated rings. The van der Waals surface area contributed by atoms with Crippen molar-refractivity contribution in [3.8, 4) is 0 Å². The lowest BCUT2D eigenvalue weighted by molar-refractivity contribution is 0.0897. The van der Waals surface area contributed by atoms with Crippen molar-refractivity contribution >= 4 is 18.3 Å². The summed E-state index contributed by atoms with van der Waals surface area (Å²) in [6, 6.07) is 1.42. The van der Waals surface area contributed by atoms with Crippen LogP contribution in [0.4, 0.5) is 0 Å². The van der Waals surface area contributed by atoms with Gasteiger partial charge in [0.1, 0.15) is 0 Å². The first-order valence-electron chi connectivity index (χ1n) is 6.18. The molecule has 4 N–H and O–H groups in total. The molecule has 2 rings (SSSR count). The Morgan fingerprint density at radius 3 is 2.68 bits per heavy atom. The Bertz CT molecular complexity index is 525. The van der Waals surface area contributed by atoms with Crippen molar-refractivity contribution in [2.24, 2.45) is 11.7 Å². The van der Waals surface area contributed by atoms with Crippen molar-refractivity contribution in [1.82, 2.24) is 10.3 Å². The van der Waals surface area contributed by atoms with Crippen LogP contribution in [0.1, 0.15) is 35.7 Å². The van der Waals surface area contributed by atoms with Crippen LogP contribution in [0.15, 0.2) is 17.1 Å². The lowest BCUT2D eigenvalue weighted by Gasteiger charge is -2.29. The van der Waals surface area contributed by atoms with Gasteiger partial charge in [-0.3, -0.25) is 9.59 Å². The van der Waals surface area contributed by atoms with Gasteiger partial charge in [-0.15, -0.1) is 12.4 Å². The van der Waals surface area contributed by atoms with E-state index in [0.29, 0.717) is 23.6 Å². The minimum atomic E-state index is -0.348. The summed E-state index contributed by atoms with van der Waals surface area (Å²) in [6.07, 6.45) is 3.67. The van der Waals surface area contributed by atoms with Crippen molar-refractivity contribution < 1.29 is 4.79 Å². The highest BCUT2D eigenvalue weighted by molar-refractivity contribution is 5.95. The number of H-pyrrole nitrogens is 1. The number of nitrogens with two attached hydrogens (primary N) is 1. The zero-order chi connectivity index (χ0) is 13.3. The molecule has 0 aromatic carbocycles. The third-order valence-electron chi connectivity index (χ3n) is 3.68. The third kappa shape index (κ3) is 3.36. The predicted molar refractivity (Wildman–Crippen MR) is 76.7 cm³/mol. The second-order valence-corrected chi connectivity index (χ2v) is 5.24. The van der Waals surface area contributed by atoms with E-state index in [2.05, 4.69) is 10.3 Å². The van der Waals surface area contributed by atoms with Gasteiger partial charge in [0.2, 0.25) is 5.56 Å². The van der Waals surface area contributed by atoms with Gasteiger partial charge in [0.25, 0.3) is 5.91 Å². The summed E-state index contributed by atoms with van der Waals surface area (Å²) in [7, 11) is 0. The summed E-state index contributed by atoms with van der Waals surface area (Å²) in [5, 5.41) is 3.00. The van der Waals surface area contributed by atoms with E-state index in [9.17, 15) is 9.59 Å². The van der Waals surface area contributed by atoms with Crippen LogP contribution >= 0.6 is 12.4 Å². The molecule has 0 saturated heterocycles. The SMILES string of the molecule is Cc1cc(=O)[nH]cc1C(=O)NC(C)(CN)C1CC1.Cl. The number of nitrogens with one attached hydrogen (secondary N) is 2. The van der Waals surface area contributed by atoms with Gasteiger partial charge in [-0.05, 0) is 38.2 Å². The smallest absolute Gasteiger partial charge is 0.253 e. The maximum atomic E-state index is 12.2. The third-order valence-corrected chi connectivity index (χ3v) is 3.68. The number of pyridine rings is 1. The number of halogens is 1. The Labute approximate surface area is 118 Å². The maximum absolute atomic E-state index is 12.2. The van der Waals surface area contributed by atoms with Crippen molar-refractivity contribution in [1.29, 1.82) is 0 Å².